The largest absolute Gasteiger partial charge is 0.378 e. The number of hydrogen-bond acceptors (Lipinski definition) is 1. The van der Waals surface area contributed by atoms with Gasteiger partial charge in [0.2, 0.25) is 0 Å². The van der Waals surface area contributed by atoms with E-state index in [1.165, 1.54) is 12.8 Å². The molecule has 1 heterocycles. The van der Waals surface area contributed by atoms with E-state index >= 15 is 0 Å². The van der Waals surface area contributed by atoms with Gasteiger partial charge in [-0.3, -0.25) is 0 Å². The molecule has 0 aromatic rings. The molecule has 2 fully saturated rings. The Labute approximate surface area is 69.1 Å². The first kappa shape index (κ1) is 7.60. The van der Waals surface area contributed by atoms with Gasteiger partial charge in [-0.2, -0.15) is 0 Å². The van der Waals surface area contributed by atoms with Gasteiger partial charge in [0.1, 0.15) is 0 Å². The van der Waals surface area contributed by atoms with Crippen LogP contribution in [-0.2, 0) is 4.74 Å². The van der Waals surface area contributed by atoms with Crippen molar-refractivity contribution in [1.82, 2.24) is 0 Å². The fourth-order valence-electron chi connectivity index (χ4n) is 2.77. The van der Waals surface area contributed by atoms with Crippen molar-refractivity contribution in [2.75, 3.05) is 6.61 Å². The van der Waals surface area contributed by atoms with Crippen LogP contribution < -0.4 is 0 Å². The Morgan fingerprint density at radius 3 is 2.73 bits per heavy atom. The summed E-state index contributed by atoms with van der Waals surface area (Å²) in [6.45, 7) is 7.94. The number of rotatable bonds is 1. The second kappa shape index (κ2) is 2.22. The SMILES string of the molecule is CC(C)[C@@]12CCO[C@H](C)[C@@H]1C2. The van der Waals surface area contributed by atoms with Crippen LogP contribution in [0.4, 0.5) is 0 Å². The van der Waals surface area contributed by atoms with E-state index in [1.807, 2.05) is 0 Å². The van der Waals surface area contributed by atoms with Crippen LogP contribution in [0.5, 0.6) is 0 Å². The van der Waals surface area contributed by atoms with Crippen molar-refractivity contribution in [3.63, 3.8) is 0 Å². The van der Waals surface area contributed by atoms with Gasteiger partial charge in [0.15, 0.2) is 0 Å². The quantitative estimate of drug-likeness (QED) is 0.563. The second-order valence-corrected chi connectivity index (χ2v) is 4.52. The Bertz CT molecular complexity index is 164. The maximum absolute atomic E-state index is 5.61. The van der Waals surface area contributed by atoms with E-state index in [0.717, 1.165) is 18.4 Å². The second-order valence-electron chi connectivity index (χ2n) is 4.52. The summed E-state index contributed by atoms with van der Waals surface area (Å²) in [7, 11) is 0. The Morgan fingerprint density at radius 2 is 2.18 bits per heavy atom. The summed E-state index contributed by atoms with van der Waals surface area (Å²) >= 11 is 0. The third-order valence-electron chi connectivity index (χ3n) is 3.84. The molecule has 2 rings (SSSR count). The van der Waals surface area contributed by atoms with Crippen molar-refractivity contribution < 1.29 is 4.74 Å². The molecule has 1 saturated carbocycles. The van der Waals surface area contributed by atoms with E-state index in [1.54, 1.807) is 0 Å². The van der Waals surface area contributed by atoms with E-state index in [2.05, 4.69) is 20.8 Å². The monoisotopic (exact) mass is 154 g/mol. The molecule has 64 valence electrons. The molecule has 0 spiro atoms. The maximum atomic E-state index is 5.61. The first-order chi connectivity index (χ1) is 5.17. The molecule has 1 saturated heterocycles. The average molecular weight is 154 g/mol. The fraction of sp³-hybridized carbons (Fsp3) is 1.00. The van der Waals surface area contributed by atoms with Crippen LogP contribution in [0.1, 0.15) is 33.6 Å². The maximum Gasteiger partial charge on any atom is 0.0580 e. The van der Waals surface area contributed by atoms with Gasteiger partial charge in [0, 0.05) is 6.61 Å². The Kier molecular flexibility index (Phi) is 1.54. The lowest BCUT2D eigenvalue weighted by Crippen LogP contribution is -2.28. The Balaban J connectivity index is 2.09. The minimum atomic E-state index is 0.533. The molecular weight excluding hydrogens is 136 g/mol. The summed E-state index contributed by atoms with van der Waals surface area (Å²) in [4.78, 5) is 0. The van der Waals surface area contributed by atoms with Crippen LogP contribution >= 0.6 is 0 Å². The van der Waals surface area contributed by atoms with Gasteiger partial charge in [-0.15, -0.1) is 0 Å². The molecule has 2 aliphatic rings. The molecule has 1 aliphatic carbocycles. The summed E-state index contributed by atoms with van der Waals surface area (Å²) in [6.07, 6.45) is 3.26. The molecule has 0 N–H and O–H groups in total. The molecule has 1 nitrogen and oxygen atoms in total. The summed E-state index contributed by atoms with van der Waals surface area (Å²) in [5.74, 6) is 1.75. The van der Waals surface area contributed by atoms with Crippen LogP contribution in [0, 0.1) is 17.3 Å². The predicted molar refractivity (Wildman–Crippen MR) is 45.4 cm³/mol. The standard InChI is InChI=1S/C10H18O/c1-7(2)10-4-5-11-8(3)9(10)6-10/h7-9H,4-6H2,1-3H3/t8-,9+,10+/m1/s1. The van der Waals surface area contributed by atoms with Gasteiger partial charge in [0.05, 0.1) is 6.10 Å². The van der Waals surface area contributed by atoms with Crippen LogP contribution in [0.3, 0.4) is 0 Å². The van der Waals surface area contributed by atoms with Gasteiger partial charge in [0.25, 0.3) is 0 Å². The van der Waals surface area contributed by atoms with E-state index in [4.69, 9.17) is 4.74 Å². The molecular formula is C10H18O. The number of fused-ring (bicyclic) bond motifs is 1. The Morgan fingerprint density at radius 1 is 1.45 bits per heavy atom. The van der Waals surface area contributed by atoms with Crippen LogP contribution in [0.15, 0.2) is 0 Å². The molecule has 0 aromatic carbocycles. The van der Waals surface area contributed by atoms with Gasteiger partial charge < -0.3 is 4.74 Å². The third-order valence-corrected chi connectivity index (χ3v) is 3.84. The van der Waals surface area contributed by atoms with Crippen molar-refractivity contribution in [2.45, 2.75) is 39.7 Å². The normalized spacial score (nSPS) is 49.1. The van der Waals surface area contributed by atoms with Gasteiger partial charge in [-0.05, 0) is 37.0 Å². The lowest BCUT2D eigenvalue weighted by molar-refractivity contribution is -0.0133. The highest BCUT2D eigenvalue weighted by Crippen LogP contribution is 2.64. The third kappa shape index (κ3) is 0.936. The highest BCUT2D eigenvalue weighted by Gasteiger charge is 2.59. The van der Waals surface area contributed by atoms with Crippen molar-refractivity contribution in [3.05, 3.63) is 0 Å². The molecule has 3 atom stereocenters. The lowest BCUT2D eigenvalue weighted by Gasteiger charge is -2.29. The van der Waals surface area contributed by atoms with E-state index in [-0.39, 0.29) is 0 Å². The summed E-state index contributed by atoms with van der Waals surface area (Å²) in [5.41, 5.74) is 0.692. The molecule has 1 aliphatic heterocycles. The molecule has 1 heteroatoms. The molecule has 0 unspecified atom stereocenters. The average Bonchev–Trinajstić information content (AvgIpc) is 2.64. The van der Waals surface area contributed by atoms with E-state index in [9.17, 15) is 0 Å². The molecule has 0 radical (unpaired) electrons. The topological polar surface area (TPSA) is 9.23 Å². The highest BCUT2D eigenvalue weighted by molar-refractivity contribution is 5.08. The van der Waals surface area contributed by atoms with Crippen LogP contribution in [0.25, 0.3) is 0 Å². The van der Waals surface area contributed by atoms with E-state index in [0.29, 0.717) is 11.5 Å². The number of ether oxygens (including phenoxy) is 1. The van der Waals surface area contributed by atoms with Crippen LogP contribution in [-0.4, -0.2) is 12.7 Å². The zero-order valence-electron chi connectivity index (χ0n) is 7.76. The van der Waals surface area contributed by atoms with Gasteiger partial charge >= 0.3 is 0 Å². The lowest BCUT2D eigenvalue weighted by atomic mass is 9.84. The van der Waals surface area contributed by atoms with Crippen molar-refractivity contribution >= 4 is 0 Å². The summed E-state index contributed by atoms with van der Waals surface area (Å²) < 4.78 is 5.61. The van der Waals surface area contributed by atoms with Crippen LogP contribution in [0.2, 0.25) is 0 Å². The van der Waals surface area contributed by atoms with Gasteiger partial charge in [-0.25, -0.2) is 0 Å². The molecule has 0 aromatic heterocycles. The zero-order valence-corrected chi connectivity index (χ0v) is 7.76. The fourth-order valence-corrected chi connectivity index (χ4v) is 2.77. The summed E-state index contributed by atoms with van der Waals surface area (Å²) in [6, 6.07) is 0. The Hall–Kier alpha value is -0.0400. The van der Waals surface area contributed by atoms with E-state index < -0.39 is 0 Å². The summed E-state index contributed by atoms with van der Waals surface area (Å²) in [5, 5.41) is 0. The zero-order chi connectivity index (χ0) is 8.06. The minimum absolute atomic E-state index is 0.533. The first-order valence-electron chi connectivity index (χ1n) is 4.78. The van der Waals surface area contributed by atoms with Gasteiger partial charge in [-0.1, -0.05) is 13.8 Å². The molecule has 11 heavy (non-hydrogen) atoms. The van der Waals surface area contributed by atoms with Crippen molar-refractivity contribution in [3.8, 4) is 0 Å². The first-order valence-corrected chi connectivity index (χ1v) is 4.78. The highest BCUT2D eigenvalue weighted by atomic mass is 16.5. The van der Waals surface area contributed by atoms with Crippen molar-refractivity contribution in [1.29, 1.82) is 0 Å². The predicted octanol–water partition coefficient (Wildman–Crippen LogP) is 2.46. The molecule has 0 amide bonds. The van der Waals surface area contributed by atoms with Crippen molar-refractivity contribution in [2.24, 2.45) is 17.3 Å². The number of hydrogen-bond donors (Lipinski definition) is 0. The smallest absolute Gasteiger partial charge is 0.0580 e. The molecule has 0 bridgehead atoms. The minimum Gasteiger partial charge on any atom is -0.378 e.